The number of aryl methyl sites for hydroxylation is 2. The third kappa shape index (κ3) is 2.57. The monoisotopic (exact) mass is 327 g/mol. The number of ether oxygens (including phenoxy) is 1. The number of benzene rings is 1. The Bertz CT molecular complexity index is 658. The molecule has 0 amide bonds. The molecule has 3 unspecified atom stereocenters. The molecule has 5 rings (SSSR count). The lowest BCUT2D eigenvalue weighted by molar-refractivity contribution is -0.155. The van der Waals surface area contributed by atoms with Crippen LogP contribution < -0.4 is 0 Å². The Labute approximate surface area is 143 Å². The van der Waals surface area contributed by atoms with Gasteiger partial charge in [0.25, 0.3) is 0 Å². The van der Waals surface area contributed by atoms with Gasteiger partial charge >= 0.3 is 5.97 Å². The Morgan fingerprint density at radius 1 is 1.04 bits per heavy atom. The van der Waals surface area contributed by atoms with E-state index in [9.17, 15) is 9.59 Å². The maximum atomic E-state index is 12.5. The first kappa shape index (κ1) is 15.8. The Balaban J connectivity index is 1.46. The van der Waals surface area contributed by atoms with Gasteiger partial charge in [0.1, 0.15) is 6.10 Å². The lowest BCUT2D eigenvalue weighted by Gasteiger charge is -2.57. The van der Waals surface area contributed by atoms with Crippen molar-refractivity contribution in [3.8, 4) is 0 Å². The lowest BCUT2D eigenvalue weighted by atomic mass is 9.69. The minimum Gasteiger partial charge on any atom is -0.459 e. The number of hydrogen-bond acceptors (Lipinski definition) is 4. The molecular weight excluding hydrogens is 302 g/mol. The van der Waals surface area contributed by atoms with Crippen LogP contribution in [0.5, 0.6) is 0 Å². The fourth-order valence-electron chi connectivity index (χ4n) is 5.19. The number of rotatable bonds is 2. The Kier molecular flexibility index (Phi) is 3.75. The van der Waals surface area contributed by atoms with E-state index < -0.39 is 0 Å². The van der Waals surface area contributed by atoms with Gasteiger partial charge in [-0.2, -0.15) is 0 Å². The van der Waals surface area contributed by atoms with Crippen LogP contribution in [-0.2, 0) is 9.53 Å². The maximum Gasteiger partial charge on any atom is 0.338 e. The van der Waals surface area contributed by atoms with Gasteiger partial charge in [-0.1, -0.05) is 17.2 Å². The number of carbonyl (C=O) groups is 2. The van der Waals surface area contributed by atoms with Crippen LogP contribution in [0.25, 0.3) is 0 Å². The molecule has 4 bridgehead atoms. The first-order chi connectivity index (χ1) is 11.4. The number of nitrogens with zero attached hydrogens (tertiary/aromatic N) is 1. The summed E-state index contributed by atoms with van der Waals surface area (Å²) in [6.45, 7) is 6.03. The average molecular weight is 327 g/mol. The van der Waals surface area contributed by atoms with Gasteiger partial charge in [0.2, 0.25) is 0 Å². The van der Waals surface area contributed by atoms with Crippen LogP contribution in [0, 0.1) is 19.8 Å². The van der Waals surface area contributed by atoms with Crippen LogP contribution in [0.15, 0.2) is 18.2 Å². The molecule has 0 radical (unpaired) electrons. The highest BCUT2D eigenvalue weighted by Gasteiger charge is 2.52. The number of carbonyl (C=O) groups excluding carboxylic acids is 2. The summed E-state index contributed by atoms with van der Waals surface area (Å²) in [5.74, 6) is 0.431. The summed E-state index contributed by atoms with van der Waals surface area (Å²) < 4.78 is 5.84. The molecule has 0 aliphatic carbocycles. The predicted molar refractivity (Wildman–Crippen MR) is 91.0 cm³/mol. The zero-order valence-corrected chi connectivity index (χ0v) is 14.6. The van der Waals surface area contributed by atoms with E-state index >= 15 is 0 Å². The molecule has 128 valence electrons. The molecule has 0 aromatic heterocycles. The molecule has 4 nitrogen and oxygen atoms in total. The average Bonchev–Trinajstić information content (AvgIpc) is 2.49. The quantitative estimate of drug-likeness (QED) is 0.783. The van der Waals surface area contributed by atoms with Gasteiger partial charge in [-0.05, 0) is 45.7 Å². The van der Waals surface area contributed by atoms with Crippen LogP contribution in [0.3, 0.4) is 0 Å². The standard InChI is InChI=1S/C20H25NO3/c1-11-4-12(2)6-15(5-11)20(23)24-18-9-16-7-14-8-17(10-18)21(16)13(3)19(14)22/h4-6,13-14,16-18H,7-10H2,1-3H3. The predicted octanol–water partition coefficient (Wildman–Crippen LogP) is 3.04. The second-order valence-electron chi connectivity index (χ2n) is 7.88. The van der Waals surface area contributed by atoms with E-state index in [1.165, 1.54) is 0 Å². The largest absolute Gasteiger partial charge is 0.459 e. The topological polar surface area (TPSA) is 46.6 Å². The van der Waals surface area contributed by atoms with Crippen LogP contribution in [0.1, 0.15) is 54.1 Å². The van der Waals surface area contributed by atoms with Crippen molar-refractivity contribution in [2.75, 3.05) is 0 Å². The first-order valence-electron chi connectivity index (χ1n) is 9.03. The Morgan fingerprint density at radius 3 is 2.17 bits per heavy atom. The summed E-state index contributed by atoms with van der Waals surface area (Å²) in [7, 11) is 0. The van der Waals surface area contributed by atoms with Gasteiger partial charge in [0.05, 0.1) is 11.6 Å². The van der Waals surface area contributed by atoms with Gasteiger partial charge in [-0.3, -0.25) is 9.69 Å². The van der Waals surface area contributed by atoms with Gasteiger partial charge in [-0.25, -0.2) is 4.79 Å². The molecule has 3 atom stereocenters. The molecule has 0 saturated carbocycles. The normalized spacial score (nSPS) is 37.4. The van der Waals surface area contributed by atoms with Gasteiger partial charge in [-0.15, -0.1) is 0 Å². The summed E-state index contributed by atoms with van der Waals surface area (Å²) in [5, 5.41) is 0. The maximum absolute atomic E-state index is 12.5. The van der Waals surface area contributed by atoms with E-state index in [1.54, 1.807) is 0 Å². The third-order valence-corrected chi connectivity index (χ3v) is 6.02. The first-order valence-corrected chi connectivity index (χ1v) is 9.03. The second kappa shape index (κ2) is 5.69. The van der Waals surface area contributed by atoms with Crippen molar-refractivity contribution in [1.82, 2.24) is 4.90 Å². The molecule has 4 heteroatoms. The zero-order chi connectivity index (χ0) is 17.0. The molecule has 4 aliphatic heterocycles. The van der Waals surface area contributed by atoms with E-state index in [1.807, 2.05) is 32.9 Å². The summed E-state index contributed by atoms with van der Waals surface area (Å²) >= 11 is 0. The highest BCUT2D eigenvalue weighted by atomic mass is 16.5. The molecule has 24 heavy (non-hydrogen) atoms. The summed E-state index contributed by atoms with van der Waals surface area (Å²) in [6.07, 6.45) is 3.59. The van der Waals surface area contributed by atoms with Crippen molar-refractivity contribution >= 4 is 11.8 Å². The number of Topliss-reactive ketones (excluding diaryl/α,β-unsaturated/α-hetero) is 1. The van der Waals surface area contributed by atoms with Gasteiger partial charge in [0, 0.05) is 30.8 Å². The van der Waals surface area contributed by atoms with E-state index in [2.05, 4.69) is 11.0 Å². The lowest BCUT2D eigenvalue weighted by Crippen LogP contribution is -2.66. The van der Waals surface area contributed by atoms with Crippen molar-refractivity contribution in [2.24, 2.45) is 5.92 Å². The number of fused-ring (bicyclic) bond motifs is 1. The molecule has 1 aromatic carbocycles. The van der Waals surface area contributed by atoms with E-state index in [0.717, 1.165) is 36.8 Å². The number of esters is 1. The highest BCUT2D eigenvalue weighted by Crippen LogP contribution is 2.44. The van der Waals surface area contributed by atoms with Crippen LogP contribution in [0.2, 0.25) is 0 Å². The summed E-state index contributed by atoms with van der Waals surface area (Å²) in [4.78, 5) is 27.1. The van der Waals surface area contributed by atoms with Gasteiger partial charge in [0.15, 0.2) is 5.78 Å². The minimum absolute atomic E-state index is 0.0223. The molecule has 1 aromatic rings. The highest BCUT2D eigenvalue weighted by molar-refractivity contribution is 5.90. The summed E-state index contributed by atoms with van der Waals surface area (Å²) in [6, 6.07) is 6.68. The van der Waals surface area contributed by atoms with Crippen molar-refractivity contribution in [1.29, 1.82) is 0 Å². The zero-order valence-electron chi connectivity index (χ0n) is 14.6. The minimum atomic E-state index is -0.212. The molecular formula is C20H25NO3. The molecule has 4 fully saturated rings. The molecule has 4 aliphatic rings. The number of hydrogen-bond donors (Lipinski definition) is 0. The molecule has 4 saturated heterocycles. The molecule has 0 N–H and O–H groups in total. The van der Waals surface area contributed by atoms with E-state index in [-0.39, 0.29) is 24.0 Å². The number of ketones is 1. The fraction of sp³-hybridized carbons (Fsp3) is 0.600. The molecule has 0 spiro atoms. The third-order valence-electron chi connectivity index (χ3n) is 6.02. The fourth-order valence-corrected chi connectivity index (χ4v) is 5.19. The van der Waals surface area contributed by atoms with Gasteiger partial charge < -0.3 is 4.74 Å². The van der Waals surface area contributed by atoms with Crippen LogP contribution in [0.4, 0.5) is 0 Å². The second-order valence-corrected chi connectivity index (χ2v) is 7.88. The summed E-state index contributed by atoms with van der Waals surface area (Å²) in [5.41, 5.74) is 2.81. The Hall–Kier alpha value is -1.68. The van der Waals surface area contributed by atoms with Crippen molar-refractivity contribution in [3.63, 3.8) is 0 Å². The smallest absolute Gasteiger partial charge is 0.338 e. The molecule has 4 heterocycles. The van der Waals surface area contributed by atoms with Crippen LogP contribution in [-0.4, -0.2) is 40.9 Å². The van der Waals surface area contributed by atoms with Crippen molar-refractivity contribution in [3.05, 3.63) is 34.9 Å². The Morgan fingerprint density at radius 2 is 1.62 bits per heavy atom. The van der Waals surface area contributed by atoms with Crippen molar-refractivity contribution < 1.29 is 14.3 Å². The SMILES string of the molecule is Cc1cc(C)cc(C(=O)OC2CC3CC4CC(C2)N3C(C)C4=O)c1. The van der Waals surface area contributed by atoms with E-state index in [4.69, 9.17) is 4.74 Å². The van der Waals surface area contributed by atoms with Crippen molar-refractivity contribution in [2.45, 2.75) is 70.7 Å². The van der Waals surface area contributed by atoms with E-state index in [0.29, 0.717) is 23.4 Å². The van der Waals surface area contributed by atoms with Crippen LogP contribution >= 0.6 is 0 Å². The number of piperidine rings is 4.